The van der Waals surface area contributed by atoms with Crippen LogP contribution in [0.2, 0.25) is 0 Å². The Kier molecular flexibility index (Phi) is 2.79. The molecule has 1 saturated heterocycles. The van der Waals surface area contributed by atoms with Crippen molar-refractivity contribution in [3.8, 4) is 5.75 Å². The molecule has 96 valence electrons. The van der Waals surface area contributed by atoms with Crippen LogP contribution in [0.4, 0.5) is 5.95 Å². The maximum Gasteiger partial charge on any atom is 0.231 e. The lowest BCUT2D eigenvalue weighted by molar-refractivity contribution is 0.414. The number of piperidine rings is 1. The van der Waals surface area contributed by atoms with E-state index in [0.29, 0.717) is 0 Å². The Balaban J connectivity index is 1.97. The second kappa shape index (κ2) is 4.45. The van der Waals surface area contributed by atoms with Crippen molar-refractivity contribution >= 4 is 11.6 Å². The molecule has 1 fully saturated rings. The van der Waals surface area contributed by atoms with E-state index in [0.717, 1.165) is 43.3 Å². The Hall–Kier alpha value is -1.82. The van der Waals surface area contributed by atoms with E-state index in [-0.39, 0.29) is 6.04 Å². The fourth-order valence-corrected chi connectivity index (χ4v) is 2.39. The van der Waals surface area contributed by atoms with E-state index < -0.39 is 0 Å². The number of anilines is 1. The first-order valence-corrected chi connectivity index (χ1v) is 6.17. The largest absolute Gasteiger partial charge is 0.497 e. The SMILES string of the molecule is COc1ccn2c(N3CCC[C@@H](N)C3)nnc2c1. The highest BCUT2D eigenvalue weighted by atomic mass is 16.5. The second-order valence-electron chi connectivity index (χ2n) is 4.64. The number of pyridine rings is 1. The molecule has 1 atom stereocenters. The third kappa shape index (κ3) is 1.88. The van der Waals surface area contributed by atoms with E-state index in [1.54, 1.807) is 7.11 Å². The minimum Gasteiger partial charge on any atom is -0.497 e. The number of nitrogens with two attached hydrogens (primary N) is 1. The summed E-state index contributed by atoms with van der Waals surface area (Å²) in [5, 5.41) is 8.43. The lowest BCUT2D eigenvalue weighted by Crippen LogP contribution is -2.43. The van der Waals surface area contributed by atoms with E-state index in [2.05, 4.69) is 15.1 Å². The molecule has 1 aliphatic heterocycles. The summed E-state index contributed by atoms with van der Waals surface area (Å²) in [5.41, 5.74) is 6.80. The quantitative estimate of drug-likeness (QED) is 0.844. The molecule has 2 N–H and O–H groups in total. The zero-order chi connectivity index (χ0) is 12.5. The monoisotopic (exact) mass is 247 g/mol. The van der Waals surface area contributed by atoms with E-state index in [4.69, 9.17) is 10.5 Å². The average Bonchev–Trinajstić information content (AvgIpc) is 2.81. The second-order valence-corrected chi connectivity index (χ2v) is 4.64. The van der Waals surface area contributed by atoms with Gasteiger partial charge in [-0.05, 0) is 18.9 Å². The summed E-state index contributed by atoms with van der Waals surface area (Å²) in [6.07, 6.45) is 4.12. The van der Waals surface area contributed by atoms with E-state index in [9.17, 15) is 0 Å². The van der Waals surface area contributed by atoms with Crippen LogP contribution in [0.1, 0.15) is 12.8 Å². The van der Waals surface area contributed by atoms with Gasteiger partial charge in [0, 0.05) is 31.4 Å². The fraction of sp³-hybridized carbons (Fsp3) is 0.500. The van der Waals surface area contributed by atoms with Gasteiger partial charge in [0.1, 0.15) is 5.75 Å². The summed E-state index contributed by atoms with van der Waals surface area (Å²) in [7, 11) is 1.65. The van der Waals surface area contributed by atoms with Crippen LogP contribution in [0.25, 0.3) is 5.65 Å². The van der Waals surface area contributed by atoms with Gasteiger partial charge in [0.15, 0.2) is 5.65 Å². The number of rotatable bonds is 2. The van der Waals surface area contributed by atoms with Gasteiger partial charge in [-0.15, -0.1) is 10.2 Å². The van der Waals surface area contributed by atoms with Gasteiger partial charge in [-0.3, -0.25) is 4.40 Å². The maximum atomic E-state index is 6.00. The summed E-state index contributed by atoms with van der Waals surface area (Å²) in [5.74, 6) is 1.65. The van der Waals surface area contributed by atoms with Gasteiger partial charge in [-0.2, -0.15) is 0 Å². The Labute approximate surface area is 105 Å². The van der Waals surface area contributed by atoms with Crippen molar-refractivity contribution in [1.82, 2.24) is 14.6 Å². The standard InChI is InChI=1S/C12H17N5O/c1-18-10-4-6-17-11(7-10)14-15-12(17)16-5-2-3-9(13)8-16/h4,6-7,9H,2-3,5,8,13H2,1H3/t9-/m1/s1. The number of nitrogens with zero attached hydrogens (tertiary/aromatic N) is 4. The van der Waals surface area contributed by atoms with E-state index in [1.807, 2.05) is 22.7 Å². The first-order chi connectivity index (χ1) is 8.78. The molecule has 0 amide bonds. The molecule has 0 aliphatic carbocycles. The van der Waals surface area contributed by atoms with Crippen molar-refractivity contribution in [2.75, 3.05) is 25.1 Å². The Morgan fingerprint density at radius 1 is 1.44 bits per heavy atom. The van der Waals surface area contributed by atoms with Gasteiger partial charge in [0.2, 0.25) is 5.95 Å². The minimum atomic E-state index is 0.226. The van der Waals surface area contributed by atoms with Crippen molar-refractivity contribution < 1.29 is 4.74 Å². The zero-order valence-corrected chi connectivity index (χ0v) is 10.4. The lowest BCUT2D eigenvalue weighted by Gasteiger charge is -2.30. The number of hydrogen-bond donors (Lipinski definition) is 1. The zero-order valence-electron chi connectivity index (χ0n) is 10.4. The normalized spacial score (nSPS) is 20.3. The molecule has 0 spiro atoms. The third-order valence-corrected chi connectivity index (χ3v) is 3.34. The Morgan fingerprint density at radius 3 is 3.11 bits per heavy atom. The van der Waals surface area contributed by atoms with Crippen LogP contribution >= 0.6 is 0 Å². The summed E-state index contributed by atoms with van der Waals surface area (Å²) < 4.78 is 7.15. The molecular formula is C12H17N5O. The van der Waals surface area contributed by atoms with Gasteiger partial charge in [0.25, 0.3) is 0 Å². The molecule has 0 saturated carbocycles. The average molecular weight is 247 g/mol. The van der Waals surface area contributed by atoms with Gasteiger partial charge in [0.05, 0.1) is 7.11 Å². The van der Waals surface area contributed by atoms with Gasteiger partial charge in [-0.25, -0.2) is 0 Å². The van der Waals surface area contributed by atoms with Crippen molar-refractivity contribution in [2.24, 2.45) is 5.73 Å². The molecule has 6 nitrogen and oxygen atoms in total. The Bertz CT molecular complexity index is 552. The molecule has 18 heavy (non-hydrogen) atoms. The Morgan fingerprint density at radius 2 is 2.33 bits per heavy atom. The predicted octanol–water partition coefficient (Wildman–Crippen LogP) is 0.665. The molecule has 0 radical (unpaired) electrons. The first-order valence-electron chi connectivity index (χ1n) is 6.17. The number of fused-ring (bicyclic) bond motifs is 1. The summed E-state index contributed by atoms with van der Waals surface area (Å²) in [4.78, 5) is 2.20. The first kappa shape index (κ1) is 11.3. The van der Waals surface area contributed by atoms with Gasteiger partial charge < -0.3 is 15.4 Å². The van der Waals surface area contributed by atoms with Crippen molar-refractivity contribution in [3.05, 3.63) is 18.3 Å². The number of methoxy groups -OCH3 is 1. The minimum absolute atomic E-state index is 0.226. The number of hydrogen-bond acceptors (Lipinski definition) is 5. The molecular weight excluding hydrogens is 230 g/mol. The van der Waals surface area contributed by atoms with Gasteiger partial charge >= 0.3 is 0 Å². The highest BCUT2D eigenvalue weighted by Crippen LogP contribution is 2.20. The summed E-state index contributed by atoms with van der Waals surface area (Å²) in [6, 6.07) is 4.01. The predicted molar refractivity (Wildman–Crippen MR) is 69.0 cm³/mol. The maximum absolute atomic E-state index is 6.00. The molecule has 0 bridgehead atoms. The van der Waals surface area contributed by atoms with Crippen molar-refractivity contribution in [1.29, 1.82) is 0 Å². The smallest absolute Gasteiger partial charge is 0.231 e. The van der Waals surface area contributed by atoms with Crippen LogP contribution in [0.15, 0.2) is 18.3 Å². The molecule has 0 unspecified atom stereocenters. The van der Waals surface area contributed by atoms with Crippen LogP contribution in [0.3, 0.4) is 0 Å². The highest BCUT2D eigenvalue weighted by Gasteiger charge is 2.20. The number of aromatic nitrogens is 3. The molecule has 3 rings (SSSR count). The van der Waals surface area contributed by atoms with Crippen LogP contribution in [0.5, 0.6) is 5.75 Å². The molecule has 2 aromatic rings. The van der Waals surface area contributed by atoms with Crippen molar-refractivity contribution in [3.63, 3.8) is 0 Å². The number of ether oxygens (including phenoxy) is 1. The van der Waals surface area contributed by atoms with E-state index in [1.165, 1.54) is 0 Å². The molecule has 6 heteroatoms. The van der Waals surface area contributed by atoms with Crippen LogP contribution in [-0.2, 0) is 0 Å². The molecule has 2 aromatic heterocycles. The van der Waals surface area contributed by atoms with E-state index >= 15 is 0 Å². The summed E-state index contributed by atoms with van der Waals surface area (Å²) in [6.45, 7) is 1.83. The topological polar surface area (TPSA) is 68.7 Å². The lowest BCUT2D eigenvalue weighted by atomic mass is 10.1. The van der Waals surface area contributed by atoms with Crippen LogP contribution in [-0.4, -0.2) is 40.8 Å². The summed E-state index contributed by atoms with van der Waals surface area (Å²) >= 11 is 0. The van der Waals surface area contributed by atoms with Crippen molar-refractivity contribution in [2.45, 2.75) is 18.9 Å². The fourth-order valence-electron chi connectivity index (χ4n) is 2.39. The van der Waals surface area contributed by atoms with Gasteiger partial charge in [-0.1, -0.05) is 0 Å². The molecule has 0 aromatic carbocycles. The third-order valence-electron chi connectivity index (χ3n) is 3.34. The molecule has 3 heterocycles. The molecule has 1 aliphatic rings. The van der Waals surface area contributed by atoms with Crippen LogP contribution < -0.4 is 15.4 Å². The van der Waals surface area contributed by atoms with Crippen LogP contribution in [0, 0.1) is 0 Å². The highest BCUT2D eigenvalue weighted by molar-refractivity contribution is 5.50.